The zero-order valence-electron chi connectivity index (χ0n) is 22.1. The molecule has 0 bridgehead atoms. The van der Waals surface area contributed by atoms with Gasteiger partial charge in [0, 0.05) is 4.91 Å². The van der Waals surface area contributed by atoms with E-state index >= 15 is 0 Å². The molecule has 24 heteroatoms. The molecule has 0 aromatic carbocycles. The van der Waals surface area contributed by atoms with E-state index in [1.165, 1.54) is 17.2 Å². The maximum absolute atomic E-state index is 13.2. The minimum absolute atomic E-state index is 0.0754. The largest absolute Gasteiger partial charge is 0.472 e. The van der Waals surface area contributed by atoms with Gasteiger partial charge in [-0.25, -0.2) is 24.5 Å². The van der Waals surface area contributed by atoms with Crippen LogP contribution in [0.2, 0.25) is 0 Å². The molecular weight excluding hydrogens is 613 g/mol. The van der Waals surface area contributed by atoms with Crippen molar-refractivity contribution in [2.75, 3.05) is 24.7 Å². The van der Waals surface area contributed by atoms with Crippen molar-refractivity contribution in [2.45, 2.75) is 49.0 Å². The molecule has 2 fully saturated rings. The molecule has 9 N–H and O–H groups in total. The molecule has 0 amide bonds. The molecule has 9 atom stereocenters. The van der Waals surface area contributed by atoms with Crippen molar-refractivity contribution >= 4 is 41.9 Å². The Balaban J connectivity index is 1.22. The number of hydrogen-bond acceptors (Lipinski definition) is 17. The van der Waals surface area contributed by atoms with Gasteiger partial charge in [0.15, 0.2) is 35.1 Å². The van der Waals surface area contributed by atoms with Crippen molar-refractivity contribution in [1.82, 2.24) is 39.0 Å². The number of nitrogens with two attached hydrogens (primary N) is 2. The number of aromatic amines is 1. The van der Waals surface area contributed by atoms with Crippen LogP contribution in [0.4, 0.5) is 11.8 Å². The summed E-state index contributed by atoms with van der Waals surface area (Å²) in [5.74, 6) is -0.192. The summed E-state index contributed by atoms with van der Waals surface area (Å²) in [6.07, 6.45) is -6.41. The Kier molecular flexibility index (Phi) is 7.67. The van der Waals surface area contributed by atoms with Gasteiger partial charge in [-0.05, 0) is 5.53 Å². The molecule has 2 saturated heterocycles. The molecule has 6 rings (SSSR count). The van der Waals surface area contributed by atoms with E-state index in [0.717, 1.165) is 10.9 Å². The van der Waals surface area contributed by atoms with E-state index < -0.39 is 75.6 Å². The monoisotopic (exact) mass is 637 g/mol. The number of nitrogens with zero attached hydrogens (tertiary/aromatic N) is 10. The van der Waals surface area contributed by atoms with Gasteiger partial charge in [0.05, 0.1) is 38.0 Å². The topological polar surface area (TPSA) is 343 Å². The lowest BCUT2D eigenvalue weighted by molar-refractivity contribution is -0.0615. The lowest BCUT2D eigenvalue weighted by Crippen LogP contribution is -2.35. The molecule has 6 heterocycles. The van der Waals surface area contributed by atoms with Crippen molar-refractivity contribution < 1.29 is 43.3 Å². The number of aliphatic hydroxyl groups is 3. The third kappa shape index (κ3) is 5.11. The lowest BCUT2D eigenvalue weighted by atomic mass is 10.1. The highest BCUT2D eigenvalue weighted by molar-refractivity contribution is 7.47. The molecule has 44 heavy (non-hydrogen) atoms. The highest BCUT2D eigenvalue weighted by Gasteiger charge is 2.51. The highest BCUT2D eigenvalue weighted by Crippen LogP contribution is 2.50. The second-order valence-corrected chi connectivity index (χ2v) is 11.1. The van der Waals surface area contributed by atoms with E-state index in [2.05, 4.69) is 39.9 Å². The first-order valence-corrected chi connectivity index (χ1v) is 14.2. The molecule has 3 unspecified atom stereocenters. The predicted molar refractivity (Wildman–Crippen MR) is 143 cm³/mol. The average molecular weight is 637 g/mol. The van der Waals surface area contributed by atoms with Gasteiger partial charge >= 0.3 is 7.82 Å². The van der Waals surface area contributed by atoms with Gasteiger partial charge in [-0.1, -0.05) is 5.11 Å². The summed E-state index contributed by atoms with van der Waals surface area (Å²) in [7, 11) is -5.10. The number of phosphoric ester groups is 1. The molecule has 2 aliphatic rings. The molecule has 0 spiro atoms. The van der Waals surface area contributed by atoms with Crippen LogP contribution in [-0.4, -0.2) is 109 Å². The average Bonchev–Trinajstić information content (AvgIpc) is 3.74. The number of ether oxygens (including phenoxy) is 2. The van der Waals surface area contributed by atoms with Crippen LogP contribution in [0.1, 0.15) is 12.5 Å². The molecule has 4 aromatic rings. The van der Waals surface area contributed by atoms with Gasteiger partial charge in [0.25, 0.3) is 5.56 Å². The number of hydrogen-bond donors (Lipinski definition) is 7. The Labute approximate surface area is 243 Å². The number of nitrogens with one attached hydrogen (secondary N) is 1. The highest BCUT2D eigenvalue weighted by atomic mass is 31.2. The Morgan fingerprint density at radius 3 is 2.50 bits per heavy atom. The fraction of sp³-hybridized carbons (Fsp3) is 0.500. The Hall–Kier alpha value is -4.28. The minimum Gasteiger partial charge on any atom is -0.394 e. The summed E-state index contributed by atoms with van der Waals surface area (Å²) in [6, 6.07) is -1.38. The maximum atomic E-state index is 13.2. The van der Waals surface area contributed by atoms with E-state index in [-0.39, 0.29) is 34.1 Å². The molecule has 0 saturated carbocycles. The number of H-pyrrole nitrogens is 1. The quantitative estimate of drug-likeness (QED) is 0.0443. The molecule has 4 aromatic heterocycles. The molecule has 2 aliphatic heterocycles. The number of anilines is 2. The Morgan fingerprint density at radius 2 is 1.77 bits per heavy atom. The van der Waals surface area contributed by atoms with Gasteiger partial charge in [-0.2, -0.15) is 4.98 Å². The number of imidazole rings is 2. The second-order valence-electron chi connectivity index (χ2n) is 9.68. The Morgan fingerprint density at radius 1 is 1.07 bits per heavy atom. The number of phosphoric acid groups is 1. The molecule has 23 nitrogen and oxygen atoms in total. The number of azide groups is 1. The van der Waals surface area contributed by atoms with Gasteiger partial charge in [0.1, 0.15) is 36.3 Å². The lowest BCUT2D eigenvalue weighted by Gasteiger charge is -2.25. The van der Waals surface area contributed by atoms with Crippen LogP contribution in [0, 0.1) is 0 Å². The SMILES string of the molecule is [N-]=[N+]=NC1C(OP(=O)(O)OC[C@H]2O[C@@H](n3cnc4c(N)ncnc43)[C@H](O)[C@@H]2O)[C@H](n2cnc3c(=O)[nH]c(N)nc32)O[C@@H]1CO. The predicted octanol–water partition coefficient (Wildman–Crippen LogP) is -2.19. The zero-order chi connectivity index (χ0) is 31.3. The summed E-state index contributed by atoms with van der Waals surface area (Å²) < 4.78 is 37.6. The first kappa shape index (κ1) is 29.8. The van der Waals surface area contributed by atoms with Gasteiger partial charge in [0.2, 0.25) is 5.95 Å². The number of aliphatic hydroxyl groups excluding tert-OH is 3. The van der Waals surface area contributed by atoms with E-state index in [4.69, 9.17) is 35.5 Å². The first-order chi connectivity index (χ1) is 21.0. The van der Waals surface area contributed by atoms with Crippen LogP contribution in [-0.2, 0) is 23.1 Å². The van der Waals surface area contributed by atoms with Crippen LogP contribution in [0.5, 0.6) is 0 Å². The summed E-state index contributed by atoms with van der Waals surface area (Å²) in [5, 5.41) is 34.7. The summed E-state index contributed by atoms with van der Waals surface area (Å²) in [4.78, 5) is 47.9. The van der Waals surface area contributed by atoms with Crippen molar-refractivity contribution in [2.24, 2.45) is 5.11 Å². The van der Waals surface area contributed by atoms with E-state index in [9.17, 15) is 29.6 Å². The first-order valence-electron chi connectivity index (χ1n) is 12.7. The van der Waals surface area contributed by atoms with E-state index in [0.29, 0.717) is 0 Å². The standard InChI is InChI=1S/C20H24N13O10P/c21-14-9-15(25-3-24-14)32(4-26-9)18-12(36)11(35)7(42-18)2-40-44(38,39)43-13-8(30-31-23)6(1-34)41-19(13)33-5-27-10-16(33)28-20(22)29-17(10)37/h3-8,11-13,18-19,34-36H,1-2H2,(H,38,39)(H2,21,24,25)(H3,22,28,29,37)/t6-,7-,8?,11-,12-,13?,18-,19-/m1/s1. The molecule has 0 aliphatic carbocycles. The van der Waals surface area contributed by atoms with Crippen LogP contribution in [0.3, 0.4) is 0 Å². The van der Waals surface area contributed by atoms with Gasteiger partial charge < -0.3 is 41.2 Å². The number of rotatable bonds is 9. The smallest absolute Gasteiger partial charge is 0.394 e. The molecule has 0 radical (unpaired) electrons. The fourth-order valence-electron chi connectivity index (χ4n) is 5.04. The van der Waals surface area contributed by atoms with Crippen LogP contribution < -0.4 is 17.0 Å². The summed E-state index contributed by atoms with van der Waals surface area (Å²) >= 11 is 0. The van der Waals surface area contributed by atoms with E-state index in [1.807, 2.05) is 0 Å². The Bertz CT molecular complexity index is 1860. The van der Waals surface area contributed by atoms with Crippen molar-refractivity contribution in [3.63, 3.8) is 0 Å². The second kappa shape index (κ2) is 11.3. The van der Waals surface area contributed by atoms with Crippen LogP contribution in [0.15, 0.2) is 28.9 Å². The van der Waals surface area contributed by atoms with E-state index in [1.54, 1.807) is 0 Å². The normalized spacial score (nSPS) is 30.1. The molecule has 234 valence electrons. The van der Waals surface area contributed by atoms with Crippen LogP contribution >= 0.6 is 7.82 Å². The van der Waals surface area contributed by atoms with Crippen molar-refractivity contribution in [3.8, 4) is 0 Å². The summed E-state index contributed by atoms with van der Waals surface area (Å²) in [5.41, 5.74) is 20.1. The van der Waals surface area contributed by atoms with Gasteiger partial charge in [-0.15, -0.1) is 0 Å². The number of fused-ring (bicyclic) bond motifs is 2. The number of aromatic nitrogens is 8. The third-order valence-electron chi connectivity index (χ3n) is 7.06. The van der Waals surface area contributed by atoms with Crippen molar-refractivity contribution in [3.05, 3.63) is 39.8 Å². The molecular formula is C20H24N13O10P. The summed E-state index contributed by atoms with van der Waals surface area (Å²) in [6.45, 7) is -1.46. The van der Waals surface area contributed by atoms with Crippen molar-refractivity contribution in [1.29, 1.82) is 0 Å². The van der Waals surface area contributed by atoms with Crippen LogP contribution in [0.25, 0.3) is 32.8 Å². The zero-order valence-corrected chi connectivity index (χ0v) is 23.0. The minimum atomic E-state index is -5.10. The third-order valence-corrected chi connectivity index (χ3v) is 8.04. The maximum Gasteiger partial charge on any atom is 0.472 e. The fourth-order valence-corrected chi connectivity index (χ4v) is 5.97. The van der Waals surface area contributed by atoms with Gasteiger partial charge in [-0.3, -0.25) is 28.0 Å². The number of nitrogen functional groups attached to an aromatic ring is 2.